The summed E-state index contributed by atoms with van der Waals surface area (Å²) in [6.45, 7) is 4.21. The number of carbonyl (C=O) groups is 1. The van der Waals surface area contributed by atoms with Gasteiger partial charge in [-0.1, -0.05) is 26.7 Å². The van der Waals surface area contributed by atoms with Crippen LogP contribution in [-0.2, 0) is 4.79 Å². The van der Waals surface area contributed by atoms with E-state index in [2.05, 4.69) is 29.7 Å². The average molecular weight is 274 g/mol. The standard InChI is InChI=1S/C17H26N2O/c1-3-17(20)19-16-11-9-15(10-12-16)18-14-6-4-5-13(2)7-8-14/h9-14,18H,3-8H2,1-2H3,(H,19,20). The van der Waals surface area contributed by atoms with Gasteiger partial charge < -0.3 is 10.6 Å². The first-order valence-corrected chi connectivity index (χ1v) is 7.84. The quantitative estimate of drug-likeness (QED) is 0.798. The van der Waals surface area contributed by atoms with Crippen LogP contribution in [0.1, 0.15) is 52.4 Å². The van der Waals surface area contributed by atoms with Crippen LogP contribution in [0.25, 0.3) is 0 Å². The Kier molecular flexibility index (Phi) is 5.45. The molecule has 20 heavy (non-hydrogen) atoms. The molecule has 0 heterocycles. The van der Waals surface area contributed by atoms with Gasteiger partial charge in [0.15, 0.2) is 0 Å². The van der Waals surface area contributed by atoms with E-state index in [1.807, 2.05) is 19.1 Å². The highest BCUT2D eigenvalue weighted by Crippen LogP contribution is 2.25. The number of amides is 1. The maximum absolute atomic E-state index is 11.3. The second-order valence-corrected chi connectivity index (χ2v) is 5.93. The minimum absolute atomic E-state index is 0.0588. The lowest BCUT2D eigenvalue weighted by Crippen LogP contribution is -2.18. The number of rotatable bonds is 4. The van der Waals surface area contributed by atoms with E-state index in [1.54, 1.807) is 0 Å². The van der Waals surface area contributed by atoms with E-state index < -0.39 is 0 Å². The van der Waals surface area contributed by atoms with E-state index in [0.29, 0.717) is 12.5 Å². The normalized spacial score (nSPS) is 22.9. The molecular formula is C17H26N2O. The van der Waals surface area contributed by atoms with Crippen LogP contribution in [-0.4, -0.2) is 11.9 Å². The summed E-state index contributed by atoms with van der Waals surface area (Å²) in [5.74, 6) is 0.928. The van der Waals surface area contributed by atoms with Crippen LogP contribution >= 0.6 is 0 Å². The van der Waals surface area contributed by atoms with E-state index in [1.165, 1.54) is 32.1 Å². The first-order chi connectivity index (χ1) is 9.67. The number of anilines is 2. The van der Waals surface area contributed by atoms with Crippen molar-refractivity contribution in [3.05, 3.63) is 24.3 Å². The molecule has 0 bridgehead atoms. The Morgan fingerprint density at radius 3 is 2.50 bits per heavy atom. The van der Waals surface area contributed by atoms with E-state index in [4.69, 9.17) is 0 Å². The van der Waals surface area contributed by atoms with E-state index in [0.717, 1.165) is 17.3 Å². The Morgan fingerprint density at radius 1 is 1.10 bits per heavy atom. The summed E-state index contributed by atoms with van der Waals surface area (Å²) >= 11 is 0. The van der Waals surface area contributed by atoms with Crippen molar-refractivity contribution in [1.29, 1.82) is 0 Å². The van der Waals surface area contributed by atoms with Crippen LogP contribution in [0.4, 0.5) is 11.4 Å². The van der Waals surface area contributed by atoms with Crippen LogP contribution < -0.4 is 10.6 Å². The SMILES string of the molecule is CCC(=O)Nc1ccc(NC2CCCC(C)CC2)cc1. The summed E-state index contributed by atoms with van der Waals surface area (Å²) in [5, 5.41) is 6.49. The van der Waals surface area contributed by atoms with E-state index in [-0.39, 0.29) is 5.91 Å². The molecule has 1 saturated carbocycles. The Morgan fingerprint density at radius 2 is 1.80 bits per heavy atom. The van der Waals surface area contributed by atoms with Gasteiger partial charge in [0.05, 0.1) is 0 Å². The van der Waals surface area contributed by atoms with Gasteiger partial charge in [-0.05, 0) is 49.4 Å². The van der Waals surface area contributed by atoms with Crippen molar-refractivity contribution >= 4 is 17.3 Å². The van der Waals surface area contributed by atoms with Crippen molar-refractivity contribution in [2.75, 3.05) is 10.6 Å². The molecule has 0 aliphatic heterocycles. The van der Waals surface area contributed by atoms with Gasteiger partial charge >= 0.3 is 0 Å². The second-order valence-electron chi connectivity index (χ2n) is 5.93. The minimum Gasteiger partial charge on any atom is -0.382 e. The van der Waals surface area contributed by atoms with Crippen molar-refractivity contribution in [2.24, 2.45) is 5.92 Å². The monoisotopic (exact) mass is 274 g/mol. The zero-order valence-electron chi connectivity index (χ0n) is 12.6. The molecule has 1 aliphatic carbocycles. The lowest BCUT2D eigenvalue weighted by molar-refractivity contribution is -0.115. The molecule has 0 saturated heterocycles. The fourth-order valence-corrected chi connectivity index (χ4v) is 2.77. The number of carbonyl (C=O) groups excluding carboxylic acids is 1. The number of hydrogen-bond donors (Lipinski definition) is 2. The summed E-state index contributed by atoms with van der Waals surface area (Å²) in [6.07, 6.45) is 7.04. The van der Waals surface area contributed by atoms with Crippen LogP contribution in [0.5, 0.6) is 0 Å². The van der Waals surface area contributed by atoms with Gasteiger partial charge in [-0.3, -0.25) is 4.79 Å². The molecule has 2 N–H and O–H groups in total. The second kappa shape index (κ2) is 7.32. The van der Waals surface area contributed by atoms with Crippen molar-refractivity contribution < 1.29 is 4.79 Å². The molecule has 0 radical (unpaired) electrons. The Bertz CT molecular complexity index is 427. The Labute approximate surface area is 122 Å². The van der Waals surface area contributed by atoms with Gasteiger partial charge in [0.2, 0.25) is 5.91 Å². The lowest BCUT2D eigenvalue weighted by Gasteiger charge is -2.18. The third-order valence-corrected chi connectivity index (χ3v) is 4.12. The van der Waals surface area contributed by atoms with Crippen LogP contribution in [0, 0.1) is 5.92 Å². The summed E-state index contributed by atoms with van der Waals surface area (Å²) < 4.78 is 0. The number of benzene rings is 1. The molecule has 1 amide bonds. The third-order valence-electron chi connectivity index (χ3n) is 4.12. The molecule has 1 aromatic carbocycles. The predicted molar refractivity (Wildman–Crippen MR) is 85.0 cm³/mol. The predicted octanol–water partition coefficient (Wildman–Crippen LogP) is 4.42. The molecule has 1 aliphatic rings. The molecule has 0 aromatic heterocycles. The maximum Gasteiger partial charge on any atom is 0.224 e. The first-order valence-electron chi connectivity index (χ1n) is 7.84. The Hall–Kier alpha value is -1.51. The highest BCUT2D eigenvalue weighted by Gasteiger charge is 2.15. The van der Waals surface area contributed by atoms with Gasteiger partial charge in [0.1, 0.15) is 0 Å². The Balaban J connectivity index is 1.88. The highest BCUT2D eigenvalue weighted by atomic mass is 16.1. The van der Waals surface area contributed by atoms with Crippen molar-refractivity contribution in [3.8, 4) is 0 Å². The fraction of sp³-hybridized carbons (Fsp3) is 0.588. The summed E-state index contributed by atoms with van der Waals surface area (Å²) in [7, 11) is 0. The molecule has 2 rings (SSSR count). The van der Waals surface area contributed by atoms with Crippen LogP contribution in [0.15, 0.2) is 24.3 Å². The van der Waals surface area contributed by atoms with Gasteiger partial charge in [-0.25, -0.2) is 0 Å². The molecule has 1 fully saturated rings. The molecule has 3 heteroatoms. The van der Waals surface area contributed by atoms with Gasteiger partial charge in [0.25, 0.3) is 0 Å². The van der Waals surface area contributed by atoms with Gasteiger partial charge in [0, 0.05) is 23.8 Å². The van der Waals surface area contributed by atoms with Gasteiger partial charge in [-0.2, -0.15) is 0 Å². The topological polar surface area (TPSA) is 41.1 Å². The van der Waals surface area contributed by atoms with Crippen molar-refractivity contribution in [2.45, 2.75) is 58.4 Å². The largest absolute Gasteiger partial charge is 0.382 e. The molecule has 3 nitrogen and oxygen atoms in total. The number of nitrogens with one attached hydrogen (secondary N) is 2. The number of hydrogen-bond acceptors (Lipinski definition) is 2. The lowest BCUT2D eigenvalue weighted by atomic mass is 10.0. The molecule has 2 atom stereocenters. The van der Waals surface area contributed by atoms with Crippen molar-refractivity contribution in [1.82, 2.24) is 0 Å². The van der Waals surface area contributed by atoms with Crippen LogP contribution in [0.3, 0.4) is 0 Å². The zero-order chi connectivity index (χ0) is 14.4. The molecular weight excluding hydrogens is 248 g/mol. The first kappa shape index (κ1) is 14.9. The highest BCUT2D eigenvalue weighted by molar-refractivity contribution is 5.90. The van der Waals surface area contributed by atoms with Gasteiger partial charge in [-0.15, -0.1) is 0 Å². The van der Waals surface area contributed by atoms with E-state index >= 15 is 0 Å². The average Bonchev–Trinajstić information content (AvgIpc) is 2.66. The van der Waals surface area contributed by atoms with E-state index in [9.17, 15) is 4.79 Å². The molecule has 110 valence electrons. The zero-order valence-corrected chi connectivity index (χ0v) is 12.6. The van der Waals surface area contributed by atoms with Crippen LogP contribution in [0.2, 0.25) is 0 Å². The molecule has 2 unspecified atom stereocenters. The van der Waals surface area contributed by atoms with Crippen molar-refractivity contribution in [3.63, 3.8) is 0 Å². The maximum atomic E-state index is 11.3. The fourth-order valence-electron chi connectivity index (χ4n) is 2.77. The third kappa shape index (κ3) is 4.55. The summed E-state index contributed by atoms with van der Waals surface area (Å²) in [6, 6.07) is 8.64. The molecule has 0 spiro atoms. The summed E-state index contributed by atoms with van der Waals surface area (Å²) in [5.41, 5.74) is 2.02. The summed E-state index contributed by atoms with van der Waals surface area (Å²) in [4.78, 5) is 11.3. The minimum atomic E-state index is 0.0588. The smallest absolute Gasteiger partial charge is 0.224 e. The molecule has 1 aromatic rings.